The zero-order valence-corrected chi connectivity index (χ0v) is 10.5. The number of allylic oxidation sites excluding steroid dienone is 1. The molecule has 0 nitrogen and oxygen atoms in total. The number of rotatable bonds is 3. The summed E-state index contributed by atoms with van der Waals surface area (Å²) < 4.78 is 37.1. The quantitative estimate of drug-likeness (QED) is 0.676. The Morgan fingerprint density at radius 3 is 2.50 bits per heavy atom. The Balaban J connectivity index is 2.91. The summed E-state index contributed by atoms with van der Waals surface area (Å²) in [6, 6.07) is 3.71. The molecule has 0 fully saturated rings. The summed E-state index contributed by atoms with van der Waals surface area (Å²) in [7, 11) is 0. The smallest absolute Gasteiger partial charge is 0.166 e. The topological polar surface area (TPSA) is 0 Å². The summed E-state index contributed by atoms with van der Waals surface area (Å²) in [4.78, 5) is 0. The van der Waals surface area contributed by atoms with E-state index in [1.807, 2.05) is 6.08 Å². The van der Waals surface area contributed by atoms with Gasteiger partial charge in [0.25, 0.3) is 0 Å². The average molecular weight is 314 g/mol. The van der Waals surface area contributed by atoms with Crippen molar-refractivity contribution in [2.45, 2.75) is 12.6 Å². The van der Waals surface area contributed by atoms with E-state index in [1.165, 1.54) is 12.1 Å². The van der Waals surface area contributed by atoms with Gasteiger partial charge < -0.3 is 0 Å². The monoisotopic (exact) mass is 312 g/mol. The molecule has 0 spiro atoms. The van der Waals surface area contributed by atoms with Gasteiger partial charge >= 0.3 is 6.18 Å². The van der Waals surface area contributed by atoms with Crippen LogP contribution in [0.1, 0.15) is 17.5 Å². The second-order valence-corrected chi connectivity index (χ2v) is 4.32. The molecule has 0 N–H and O–H groups in total. The van der Waals surface area contributed by atoms with E-state index in [-0.39, 0.29) is 5.02 Å². The Labute approximate surface area is 105 Å². The van der Waals surface area contributed by atoms with Gasteiger partial charge in [-0.25, -0.2) is 0 Å². The first kappa shape index (κ1) is 13.6. The van der Waals surface area contributed by atoms with E-state index in [2.05, 4.69) is 15.9 Å². The predicted octanol–water partition coefficient (Wildman–Crippen LogP) is 5.16. The van der Waals surface area contributed by atoms with Gasteiger partial charge in [0, 0.05) is 5.33 Å². The van der Waals surface area contributed by atoms with Crippen LogP contribution < -0.4 is 0 Å². The van der Waals surface area contributed by atoms with Crippen LogP contribution in [0.5, 0.6) is 0 Å². The first-order chi connectivity index (χ1) is 7.45. The fraction of sp³-hybridized carbons (Fsp3) is 0.273. The van der Waals surface area contributed by atoms with Gasteiger partial charge in [0.2, 0.25) is 0 Å². The Hall–Kier alpha value is -0.480. The highest BCUT2D eigenvalue weighted by Crippen LogP contribution is 2.35. The lowest BCUT2D eigenvalue weighted by molar-refractivity contribution is -0.137. The second-order valence-electron chi connectivity index (χ2n) is 3.12. The number of benzene rings is 1. The van der Waals surface area contributed by atoms with E-state index in [1.54, 1.807) is 6.08 Å². The maximum atomic E-state index is 12.4. The van der Waals surface area contributed by atoms with Crippen LogP contribution in [0, 0.1) is 0 Å². The molecule has 0 aliphatic heterocycles. The normalized spacial score (nSPS) is 12.3. The molecule has 0 atom stereocenters. The summed E-state index contributed by atoms with van der Waals surface area (Å²) >= 11 is 8.81. The summed E-state index contributed by atoms with van der Waals surface area (Å²) in [5, 5.41) is 0.547. The Morgan fingerprint density at radius 2 is 2.00 bits per heavy atom. The molecule has 0 aliphatic rings. The standard InChI is InChI=1S/C11H9BrClF3/c12-6-2-1-3-8-4-5-9(10(13)7-8)11(14,15)16/h1,3-5,7H,2,6H2. The van der Waals surface area contributed by atoms with Gasteiger partial charge in [-0.2, -0.15) is 13.2 Å². The zero-order valence-electron chi connectivity index (χ0n) is 8.19. The molecule has 0 aromatic heterocycles. The molecule has 1 aromatic carbocycles. The van der Waals surface area contributed by atoms with Crippen LogP contribution in [0.25, 0.3) is 6.08 Å². The van der Waals surface area contributed by atoms with Crippen molar-refractivity contribution in [3.8, 4) is 0 Å². The van der Waals surface area contributed by atoms with E-state index in [0.29, 0.717) is 5.56 Å². The summed E-state index contributed by atoms with van der Waals surface area (Å²) in [5.74, 6) is 0. The minimum atomic E-state index is -4.39. The molecule has 0 saturated heterocycles. The summed E-state index contributed by atoms with van der Waals surface area (Å²) in [5.41, 5.74) is -0.134. The van der Waals surface area contributed by atoms with Crippen molar-refractivity contribution in [2.24, 2.45) is 0 Å². The van der Waals surface area contributed by atoms with Crippen LogP contribution in [0.4, 0.5) is 13.2 Å². The molecule has 0 amide bonds. The maximum absolute atomic E-state index is 12.4. The van der Waals surface area contributed by atoms with Gasteiger partial charge in [-0.1, -0.05) is 45.7 Å². The Morgan fingerprint density at radius 1 is 1.31 bits per heavy atom. The molecule has 0 heterocycles. The van der Waals surface area contributed by atoms with Gasteiger partial charge in [0.05, 0.1) is 10.6 Å². The molecule has 1 rings (SSSR count). The molecule has 5 heteroatoms. The van der Waals surface area contributed by atoms with E-state index in [9.17, 15) is 13.2 Å². The molecule has 88 valence electrons. The van der Waals surface area contributed by atoms with Crippen molar-refractivity contribution in [1.82, 2.24) is 0 Å². The molecule has 0 aliphatic carbocycles. The largest absolute Gasteiger partial charge is 0.417 e. The van der Waals surface area contributed by atoms with Crippen molar-refractivity contribution in [2.75, 3.05) is 5.33 Å². The molecule has 0 bridgehead atoms. The van der Waals surface area contributed by atoms with Crippen molar-refractivity contribution < 1.29 is 13.2 Å². The van der Waals surface area contributed by atoms with Crippen LogP contribution in [-0.2, 0) is 6.18 Å². The van der Waals surface area contributed by atoms with E-state index in [0.717, 1.165) is 17.8 Å². The first-order valence-electron chi connectivity index (χ1n) is 4.54. The van der Waals surface area contributed by atoms with Gasteiger partial charge in [0.15, 0.2) is 0 Å². The first-order valence-corrected chi connectivity index (χ1v) is 6.04. The summed E-state index contributed by atoms with van der Waals surface area (Å²) in [6.07, 6.45) is 0.0365. The molecular weight excluding hydrogens is 304 g/mol. The number of hydrogen-bond donors (Lipinski definition) is 0. The number of alkyl halides is 4. The molecule has 0 unspecified atom stereocenters. The average Bonchev–Trinajstić information content (AvgIpc) is 2.16. The van der Waals surface area contributed by atoms with Crippen LogP contribution in [0.3, 0.4) is 0 Å². The third-order valence-electron chi connectivity index (χ3n) is 1.88. The zero-order chi connectivity index (χ0) is 12.2. The van der Waals surface area contributed by atoms with Crippen molar-refractivity contribution in [3.63, 3.8) is 0 Å². The fourth-order valence-corrected chi connectivity index (χ4v) is 1.71. The molecule has 16 heavy (non-hydrogen) atoms. The predicted molar refractivity (Wildman–Crippen MR) is 63.9 cm³/mol. The van der Waals surface area contributed by atoms with Crippen LogP contribution in [0.15, 0.2) is 24.3 Å². The van der Waals surface area contributed by atoms with Crippen molar-refractivity contribution in [1.29, 1.82) is 0 Å². The minimum absolute atomic E-state index is 0.270. The molecule has 0 radical (unpaired) electrons. The van der Waals surface area contributed by atoms with E-state index >= 15 is 0 Å². The Kier molecular flexibility index (Phi) is 4.87. The lowest BCUT2D eigenvalue weighted by Gasteiger charge is -2.08. The lowest BCUT2D eigenvalue weighted by atomic mass is 10.1. The number of hydrogen-bond acceptors (Lipinski definition) is 0. The maximum Gasteiger partial charge on any atom is 0.417 e. The number of halogens is 5. The van der Waals surface area contributed by atoms with Gasteiger partial charge in [0.1, 0.15) is 0 Å². The van der Waals surface area contributed by atoms with Crippen molar-refractivity contribution in [3.05, 3.63) is 40.4 Å². The molecule has 0 saturated carbocycles. The highest BCUT2D eigenvalue weighted by atomic mass is 79.9. The van der Waals surface area contributed by atoms with Crippen LogP contribution >= 0.6 is 27.5 Å². The minimum Gasteiger partial charge on any atom is -0.166 e. The SMILES string of the molecule is FC(F)(F)c1ccc(C=CCCBr)cc1Cl. The third kappa shape index (κ3) is 3.83. The van der Waals surface area contributed by atoms with Crippen LogP contribution in [-0.4, -0.2) is 5.33 Å². The second kappa shape index (κ2) is 5.73. The molecular formula is C11H9BrClF3. The van der Waals surface area contributed by atoms with Crippen LogP contribution in [0.2, 0.25) is 5.02 Å². The fourth-order valence-electron chi connectivity index (χ4n) is 1.15. The van der Waals surface area contributed by atoms with Gasteiger partial charge in [-0.05, 0) is 24.1 Å². The van der Waals surface area contributed by atoms with Gasteiger partial charge in [-0.3, -0.25) is 0 Å². The van der Waals surface area contributed by atoms with Gasteiger partial charge in [-0.15, -0.1) is 0 Å². The summed E-state index contributed by atoms with van der Waals surface area (Å²) in [6.45, 7) is 0. The third-order valence-corrected chi connectivity index (χ3v) is 2.66. The Bertz CT molecular complexity index is 385. The van der Waals surface area contributed by atoms with E-state index < -0.39 is 11.7 Å². The molecule has 1 aromatic rings. The lowest BCUT2D eigenvalue weighted by Crippen LogP contribution is -2.05. The highest BCUT2D eigenvalue weighted by molar-refractivity contribution is 9.09. The van der Waals surface area contributed by atoms with E-state index in [4.69, 9.17) is 11.6 Å². The highest BCUT2D eigenvalue weighted by Gasteiger charge is 2.32. The van der Waals surface area contributed by atoms with Crippen molar-refractivity contribution >= 4 is 33.6 Å².